The van der Waals surface area contributed by atoms with Crippen molar-refractivity contribution in [3.8, 4) is 6.07 Å². The smallest absolute Gasteiger partial charge is 0.189 e. The highest BCUT2D eigenvalue weighted by atomic mass is 32.2. The summed E-state index contributed by atoms with van der Waals surface area (Å²) in [5.41, 5.74) is 1.88. The average molecular weight is 353 g/mol. The average Bonchev–Trinajstić information content (AvgIpc) is 2.68. The molecule has 1 aliphatic rings. The number of thioether (sulfide) groups is 1. The first-order valence-electron chi connectivity index (χ1n) is 8.51. The molecular formula is C19H23N5S. The van der Waals surface area contributed by atoms with E-state index < -0.39 is 0 Å². The van der Waals surface area contributed by atoms with Crippen molar-refractivity contribution >= 4 is 17.6 Å². The fraction of sp³-hybridized carbons (Fsp3) is 0.421. The third kappa shape index (κ3) is 4.30. The highest BCUT2D eigenvalue weighted by Crippen LogP contribution is 2.23. The molecule has 2 heterocycles. The van der Waals surface area contributed by atoms with Crippen LogP contribution >= 0.6 is 11.8 Å². The van der Waals surface area contributed by atoms with Gasteiger partial charge in [0.25, 0.3) is 0 Å². The molecule has 0 spiro atoms. The maximum absolute atomic E-state index is 9.26. The van der Waals surface area contributed by atoms with Crippen LogP contribution in [0.3, 0.4) is 0 Å². The zero-order valence-corrected chi connectivity index (χ0v) is 15.5. The molecule has 2 aromatic rings. The first-order valence-corrected chi connectivity index (χ1v) is 9.74. The van der Waals surface area contributed by atoms with E-state index in [1.807, 2.05) is 36.7 Å². The number of anilines is 1. The summed E-state index contributed by atoms with van der Waals surface area (Å²) in [6.07, 6.45) is 6.04. The first kappa shape index (κ1) is 17.7. The fourth-order valence-electron chi connectivity index (χ4n) is 3.31. The minimum absolute atomic E-state index is 0.532. The summed E-state index contributed by atoms with van der Waals surface area (Å²) in [5, 5.41) is 10.1. The molecule has 0 N–H and O–H groups in total. The lowest BCUT2D eigenvalue weighted by Gasteiger charge is -2.37. The van der Waals surface area contributed by atoms with Crippen molar-refractivity contribution in [1.82, 2.24) is 14.9 Å². The molecule has 0 radical (unpaired) electrons. The molecule has 1 fully saturated rings. The quantitative estimate of drug-likeness (QED) is 0.608. The second-order valence-corrected chi connectivity index (χ2v) is 7.08. The van der Waals surface area contributed by atoms with Crippen molar-refractivity contribution in [2.75, 3.05) is 31.3 Å². The molecular weight excluding hydrogens is 330 g/mol. The van der Waals surface area contributed by atoms with E-state index in [1.165, 1.54) is 0 Å². The molecule has 0 saturated carbocycles. The molecule has 0 aliphatic carbocycles. The van der Waals surface area contributed by atoms with Gasteiger partial charge in [0.15, 0.2) is 5.16 Å². The molecule has 0 bridgehead atoms. The normalized spacial score (nSPS) is 15.4. The third-order valence-electron chi connectivity index (χ3n) is 4.77. The van der Waals surface area contributed by atoms with E-state index in [0.717, 1.165) is 54.6 Å². The van der Waals surface area contributed by atoms with E-state index >= 15 is 0 Å². The summed E-state index contributed by atoms with van der Waals surface area (Å²) in [7, 11) is 2.16. The van der Waals surface area contributed by atoms with Gasteiger partial charge in [0.05, 0.1) is 11.6 Å². The summed E-state index contributed by atoms with van der Waals surface area (Å²) in [4.78, 5) is 13.6. The Morgan fingerprint density at radius 3 is 2.76 bits per heavy atom. The number of aromatic nitrogens is 2. The van der Waals surface area contributed by atoms with Crippen LogP contribution in [0, 0.1) is 11.3 Å². The number of benzene rings is 1. The Bertz CT molecular complexity index is 749. The zero-order chi connectivity index (χ0) is 17.6. The predicted molar refractivity (Wildman–Crippen MR) is 102 cm³/mol. The Kier molecular flexibility index (Phi) is 5.90. The summed E-state index contributed by atoms with van der Waals surface area (Å²) in [6.45, 7) is 2.82. The van der Waals surface area contributed by atoms with Crippen molar-refractivity contribution in [3.63, 3.8) is 0 Å². The van der Waals surface area contributed by atoms with E-state index in [9.17, 15) is 5.26 Å². The van der Waals surface area contributed by atoms with Crippen molar-refractivity contribution in [2.45, 2.75) is 30.6 Å². The molecule has 25 heavy (non-hydrogen) atoms. The molecule has 1 aromatic carbocycles. The second kappa shape index (κ2) is 8.32. The van der Waals surface area contributed by atoms with Crippen molar-refractivity contribution < 1.29 is 0 Å². The van der Waals surface area contributed by atoms with Crippen LogP contribution in [0.25, 0.3) is 0 Å². The van der Waals surface area contributed by atoms with Crippen LogP contribution in [-0.4, -0.2) is 47.3 Å². The van der Waals surface area contributed by atoms with E-state index in [-0.39, 0.29) is 0 Å². The van der Waals surface area contributed by atoms with Gasteiger partial charge in [-0.25, -0.2) is 9.97 Å². The Balaban J connectivity index is 1.59. The summed E-state index contributed by atoms with van der Waals surface area (Å²) < 4.78 is 0. The molecule has 130 valence electrons. The standard InChI is InChI=1S/C19H23N5S/c1-23(14-16-6-4-3-5-15(16)13-20)17-8-11-24(12-9-17)18-7-10-21-19(22-18)25-2/h3-7,10,17H,8-9,11-12,14H2,1-2H3. The molecule has 0 atom stereocenters. The van der Waals surface area contributed by atoms with Gasteiger partial charge in [-0.2, -0.15) is 5.26 Å². The van der Waals surface area contributed by atoms with Gasteiger partial charge in [0, 0.05) is 31.9 Å². The van der Waals surface area contributed by atoms with E-state index in [4.69, 9.17) is 0 Å². The first-order chi connectivity index (χ1) is 12.2. The molecule has 3 rings (SSSR count). The second-order valence-electron chi connectivity index (χ2n) is 6.30. The Hall–Kier alpha value is -2.10. The lowest BCUT2D eigenvalue weighted by atomic mass is 10.0. The van der Waals surface area contributed by atoms with E-state index in [1.54, 1.807) is 11.8 Å². The number of hydrogen-bond acceptors (Lipinski definition) is 6. The fourth-order valence-corrected chi connectivity index (χ4v) is 3.66. The molecule has 1 aromatic heterocycles. The molecule has 1 aliphatic heterocycles. The molecule has 5 nitrogen and oxygen atoms in total. The maximum Gasteiger partial charge on any atom is 0.189 e. The van der Waals surface area contributed by atoms with Gasteiger partial charge in [-0.3, -0.25) is 4.90 Å². The van der Waals surface area contributed by atoms with Crippen molar-refractivity contribution in [3.05, 3.63) is 47.7 Å². The van der Waals surface area contributed by atoms with Gasteiger partial charge in [-0.1, -0.05) is 30.0 Å². The Labute approximate surface area is 153 Å². The number of hydrogen-bond donors (Lipinski definition) is 0. The van der Waals surface area contributed by atoms with Gasteiger partial charge in [0.2, 0.25) is 0 Å². The van der Waals surface area contributed by atoms with Crippen molar-refractivity contribution in [2.24, 2.45) is 0 Å². The van der Waals surface area contributed by atoms with Gasteiger partial charge in [0.1, 0.15) is 5.82 Å². The SMILES string of the molecule is CSc1nccc(N2CCC(N(C)Cc3ccccc3C#N)CC2)n1. The van der Waals surface area contributed by atoms with Crippen LogP contribution < -0.4 is 4.90 Å². The Morgan fingerprint density at radius 2 is 2.04 bits per heavy atom. The van der Waals surface area contributed by atoms with Crippen molar-refractivity contribution in [1.29, 1.82) is 5.26 Å². The molecule has 0 amide bonds. The zero-order valence-electron chi connectivity index (χ0n) is 14.7. The van der Waals surface area contributed by atoms with Crippen LogP contribution in [0.15, 0.2) is 41.7 Å². The van der Waals surface area contributed by atoms with E-state index in [2.05, 4.69) is 39.0 Å². The van der Waals surface area contributed by atoms with E-state index in [0.29, 0.717) is 6.04 Å². The van der Waals surface area contributed by atoms with Crippen LogP contribution in [0.1, 0.15) is 24.0 Å². The summed E-state index contributed by atoms with van der Waals surface area (Å²) in [6, 6.07) is 12.7. The van der Waals surface area contributed by atoms with Gasteiger partial charge in [-0.05, 0) is 43.8 Å². The molecule has 0 unspecified atom stereocenters. The minimum atomic E-state index is 0.532. The maximum atomic E-state index is 9.26. The largest absolute Gasteiger partial charge is 0.356 e. The summed E-state index contributed by atoms with van der Waals surface area (Å²) >= 11 is 1.57. The topological polar surface area (TPSA) is 56.1 Å². The molecule has 1 saturated heterocycles. The number of nitriles is 1. The summed E-state index contributed by atoms with van der Waals surface area (Å²) in [5.74, 6) is 1.02. The highest BCUT2D eigenvalue weighted by molar-refractivity contribution is 7.98. The number of rotatable bonds is 5. The lowest BCUT2D eigenvalue weighted by molar-refractivity contribution is 0.200. The van der Waals surface area contributed by atoms with Gasteiger partial charge in [-0.15, -0.1) is 0 Å². The molecule has 6 heteroatoms. The van der Waals surface area contributed by atoms with Crippen LogP contribution in [0.5, 0.6) is 0 Å². The van der Waals surface area contributed by atoms with Crippen LogP contribution in [0.2, 0.25) is 0 Å². The van der Waals surface area contributed by atoms with Gasteiger partial charge >= 0.3 is 0 Å². The van der Waals surface area contributed by atoms with Crippen LogP contribution in [0.4, 0.5) is 5.82 Å². The Morgan fingerprint density at radius 1 is 1.28 bits per heavy atom. The van der Waals surface area contributed by atoms with Gasteiger partial charge < -0.3 is 4.90 Å². The minimum Gasteiger partial charge on any atom is -0.356 e. The van der Waals surface area contributed by atoms with Crippen LogP contribution in [-0.2, 0) is 6.54 Å². The number of nitrogens with zero attached hydrogens (tertiary/aromatic N) is 5. The lowest BCUT2D eigenvalue weighted by Crippen LogP contribution is -2.43. The highest BCUT2D eigenvalue weighted by Gasteiger charge is 2.23. The number of piperidine rings is 1. The third-order valence-corrected chi connectivity index (χ3v) is 5.33. The predicted octanol–water partition coefficient (Wildman–Crippen LogP) is 3.17. The monoisotopic (exact) mass is 353 g/mol.